The van der Waals surface area contributed by atoms with Gasteiger partial charge < -0.3 is 20.4 Å². The lowest BCUT2D eigenvalue weighted by Gasteiger charge is -2.10. The highest BCUT2D eigenvalue weighted by Gasteiger charge is 2.22. The molecule has 0 aliphatic carbocycles. The van der Waals surface area contributed by atoms with Crippen molar-refractivity contribution in [3.05, 3.63) is 24.0 Å². The van der Waals surface area contributed by atoms with Crippen LogP contribution >= 0.6 is 0 Å². The van der Waals surface area contributed by atoms with Crippen molar-refractivity contribution in [3.63, 3.8) is 0 Å². The van der Waals surface area contributed by atoms with E-state index in [1.807, 2.05) is 30.1 Å². The van der Waals surface area contributed by atoms with Gasteiger partial charge in [0, 0.05) is 26.0 Å². The number of nitrogens with one attached hydrogen (secondary N) is 1. The summed E-state index contributed by atoms with van der Waals surface area (Å²) in [6, 6.07) is 0.606. The van der Waals surface area contributed by atoms with E-state index < -0.39 is 17.9 Å². The van der Waals surface area contributed by atoms with Gasteiger partial charge in [-0.2, -0.15) is 0 Å². The third-order valence-electron chi connectivity index (χ3n) is 2.18. The lowest BCUT2D eigenvalue weighted by atomic mass is 10.2. The Morgan fingerprint density at radius 2 is 2.29 bits per heavy atom. The van der Waals surface area contributed by atoms with E-state index in [1.54, 1.807) is 6.92 Å². The van der Waals surface area contributed by atoms with E-state index in [0.717, 1.165) is 5.56 Å². The molecule has 0 bridgehead atoms. The average Bonchev–Trinajstić information content (AvgIpc) is 2.71. The Morgan fingerprint density at radius 3 is 2.82 bits per heavy atom. The third-order valence-corrected chi connectivity index (χ3v) is 2.18. The molecule has 1 heterocycles. The number of hydrogen-bond donors (Lipinski definition) is 2. The van der Waals surface area contributed by atoms with Crippen molar-refractivity contribution >= 4 is 11.9 Å². The van der Waals surface area contributed by atoms with Crippen LogP contribution in [0.3, 0.4) is 0 Å². The van der Waals surface area contributed by atoms with Crippen molar-refractivity contribution < 1.29 is 14.3 Å². The summed E-state index contributed by atoms with van der Waals surface area (Å²) in [6.45, 7) is 2.21. The Bertz CT molecular complexity index is 400. The van der Waals surface area contributed by atoms with Gasteiger partial charge in [0.2, 0.25) is 5.91 Å². The Labute approximate surface area is 99.7 Å². The van der Waals surface area contributed by atoms with Crippen LogP contribution in [-0.4, -0.2) is 29.1 Å². The molecule has 6 heteroatoms. The average molecular weight is 239 g/mol. The standard InChI is InChI=1S/C11H17N3O3/c1-3-17-11(16)9(12)10(15)13-6-8-4-5-14(2)7-8/h4-5,7,9H,3,6,12H2,1-2H3,(H,13,15). The molecule has 1 aromatic heterocycles. The molecule has 6 nitrogen and oxygen atoms in total. The zero-order valence-electron chi connectivity index (χ0n) is 9.97. The maximum Gasteiger partial charge on any atom is 0.332 e. The number of aromatic nitrogens is 1. The summed E-state index contributed by atoms with van der Waals surface area (Å²) in [6.07, 6.45) is 3.74. The molecule has 1 atom stereocenters. The maximum atomic E-state index is 11.5. The topological polar surface area (TPSA) is 86.3 Å². The van der Waals surface area contributed by atoms with Gasteiger partial charge in [0.15, 0.2) is 6.04 Å². The summed E-state index contributed by atoms with van der Waals surface area (Å²) in [5.41, 5.74) is 6.37. The fourth-order valence-electron chi connectivity index (χ4n) is 1.30. The molecule has 0 saturated carbocycles. The molecule has 0 aliphatic heterocycles. The fraction of sp³-hybridized carbons (Fsp3) is 0.455. The minimum atomic E-state index is -1.27. The number of rotatable bonds is 5. The SMILES string of the molecule is CCOC(=O)C(N)C(=O)NCc1ccn(C)c1. The van der Waals surface area contributed by atoms with Gasteiger partial charge >= 0.3 is 5.97 Å². The molecule has 0 aromatic carbocycles. The van der Waals surface area contributed by atoms with Gasteiger partial charge in [-0.05, 0) is 18.6 Å². The highest BCUT2D eigenvalue weighted by molar-refractivity contribution is 6.01. The van der Waals surface area contributed by atoms with Crippen LogP contribution < -0.4 is 11.1 Å². The van der Waals surface area contributed by atoms with Crippen LogP contribution in [0.4, 0.5) is 0 Å². The van der Waals surface area contributed by atoms with Crippen LogP contribution in [-0.2, 0) is 27.9 Å². The monoisotopic (exact) mass is 239 g/mol. The lowest BCUT2D eigenvalue weighted by Crippen LogP contribution is -2.46. The van der Waals surface area contributed by atoms with Crippen LogP contribution in [0, 0.1) is 0 Å². The summed E-state index contributed by atoms with van der Waals surface area (Å²) in [4.78, 5) is 22.7. The number of aryl methyl sites for hydroxylation is 1. The number of hydrogen-bond acceptors (Lipinski definition) is 4. The zero-order chi connectivity index (χ0) is 12.8. The van der Waals surface area contributed by atoms with Crippen molar-refractivity contribution in [2.24, 2.45) is 12.8 Å². The number of esters is 1. The second kappa shape index (κ2) is 6.05. The van der Waals surface area contributed by atoms with E-state index in [2.05, 4.69) is 10.1 Å². The molecule has 0 spiro atoms. The summed E-state index contributed by atoms with van der Waals surface area (Å²) in [5, 5.41) is 2.57. The zero-order valence-corrected chi connectivity index (χ0v) is 9.97. The predicted molar refractivity (Wildman–Crippen MR) is 61.9 cm³/mol. The fourth-order valence-corrected chi connectivity index (χ4v) is 1.30. The Balaban J connectivity index is 2.41. The van der Waals surface area contributed by atoms with Gasteiger partial charge in [0.05, 0.1) is 6.61 Å². The van der Waals surface area contributed by atoms with Crippen molar-refractivity contribution in [2.45, 2.75) is 19.5 Å². The molecular weight excluding hydrogens is 222 g/mol. The number of carbonyl (C=O) groups is 2. The molecule has 1 rings (SSSR count). The largest absolute Gasteiger partial charge is 0.464 e. The van der Waals surface area contributed by atoms with Crippen LogP contribution in [0.25, 0.3) is 0 Å². The first-order valence-electron chi connectivity index (χ1n) is 5.35. The quantitative estimate of drug-likeness (QED) is 0.537. The summed E-state index contributed by atoms with van der Waals surface area (Å²) in [7, 11) is 1.88. The van der Waals surface area contributed by atoms with Gasteiger partial charge in [0.25, 0.3) is 0 Å². The highest BCUT2D eigenvalue weighted by atomic mass is 16.5. The summed E-state index contributed by atoms with van der Waals surface area (Å²) < 4.78 is 6.52. The van der Waals surface area contributed by atoms with Gasteiger partial charge in [-0.3, -0.25) is 4.79 Å². The number of carbonyl (C=O) groups excluding carboxylic acids is 2. The lowest BCUT2D eigenvalue weighted by molar-refractivity contribution is -0.148. The van der Waals surface area contributed by atoms with Crippen molar-refractivity contribution in [2.75, 3.05) is 6.61 Å². The molecule has 3 N–H and O–H groups in total. The van der Waals surface area contributed by atoms with E-state index >= 15 is 0 Å². The van der Waals surface area contributed by atoms with Gasteiger partial charge in [-0.25, -0.2) is 4.79 Å². The first kappa shape index (κ1) is 13.2. The third kappa shape index (κ3) is 3.92. The van der Waals surface area contributed by atoms with E-state index in [-0.39, 0.29) is 6.61 Å². The molecule has 1 amide bonds. The van der Waals surface area contributed by atoms with Gasteiger partial charge in [-0.1, -0.05) is 0 Å². The number of nitrogens with two attached hydrogens (primary N) is 1. The molecule has 1 unspecified atom stereocenters. The molecule has 17 heavy (non-hydrogen) atoms. The van der Waals surface area contributed by atoms with Crippen LogP contribution in [0.1, 0.15) is 12.5 Å². The molecule has 0 fully saturated rings. The van der Waals surface area contributed by atoms with Gasteiger partial charge in [0.1, 0.15) is 0 Å². The van der Waals surface area contributed by atoms with Crippen molar-refractivity contribution in [1.29, 1.82) is 0 Å². The minimum Gasteiger partial charge on any atom is -0.464 e. The maximum absolute atomic E-state index is 11.5. The summed E-state index contributed by atoms with van der Waals surface area (Å²) in [5.74, 6) is -1.25. The van der Waals surface area contributed by atoms with E-state index in [4.69, 9.17) is 5.73 Å². The molecule has 0 saturated heterocycles. The normalized spacial score (nSPS) is 11.9. The molecule has 0 aliphatic rings. The van der Waals surface area contributed by atoms with Crippen LogP contribution in [0.2, 0.25) is 0 Å². The first-order valence-corrected chi connectivity index (χ1v) is 5.35. The Kier molecular flexibility index (Phi) is 4.71. The van der Waals surface area contributed by atoms with E-state index in [9.17, 15) is 9.59 Å². The molecular formula is C11H17N3O3. The van der Waals surface area contributed by atoms with Crippen LogP contribution in [0.15, 0.2) is 18.5 Å². The number of ether oxygens (including phenoxy) is 1. The van der Waals surface area contributed by atoms with Gasteiger partial charge in [-0.15, -0.1) is 0 Å². The number of nitrogens with zero attached hydrogens (tertiary/aromatic N) is 1. The predicted octanol–water partition coefficient (Wildman–Crippen LogP) is -0.468. The van der Waals surface area contributed by atoms with E-state index in [1.165, 1.54) is 0 Å². The smallest absolute Gasteiger partial charge is 0.332 e. The molecule has 0 radical (unpaired) electrons. The Morgan fingerprint density at radius 1 is 1.59 bits per heavy atom. The number of amides is 1. The second-order valence-corrected chi connectivity index (χ2v) is 3.63. The molecule has 94 valence electrons. The first-order chi connectivity index (χ1) is 8.04. The van der Waals surface area contributed by atoms with Crippen LogP contribution in [0.5, 0.6) is 0 Å². The van der Waals surface area contributed by atoms with Crippen molar-refractivity contribution in [1.82, 2.24) is 9.88 Å². The minimum absolute atomic E-state index is 0.207. The van der Waals surface area contributed by atoms with E-state index in [0.29, 0.717) is 6.54 Å². The Hall–Kier alpha value is -1.82. The van der Waals surface area contributed by atoms with Crippen molar-refractivity contribution in [3.8, 4) is 0 Å². The highest BCUT2D eigenvalue weighted by Crippen LogP contribution is 1.98. The molecule has 1 aromatic rings. The second-order valence-electron chi connectivity index (χ2n) is 3.63. The summed E-state index contributed by atoms with van der Waals surface area (Å²) >= 11 is 0.